The minimum Gasteiger partial charge on any atom is -0.493 e. The third-order valence-electron chi connectivity index (χ3n) is 4.74. The van der Waals surface area contributed by atoms with Crippen molar-refractivity contribution < 1.29 is 23.9 Å². The van der Waals surface area contributed by atoms with Gasteiger partial charge < -0.3 is 18.9 Å². The molecule has 0 fully saturated rings. The van der Waals surface area contributed by atoms with Gasteiger partial charge in [0.2, 0.25) is 0 Å². The van der Waals surface area contributed by atoms with E-state index in [2.05, 4.69) is 4.99 Å². The Labute approximate surface area is 162 Å². The molecule has 8 heteroatoms. The fourth-order valence-electron chi connectivity index (χ4n) is 3.35. The van der Waals surface area contributed by atoms with Gasteiger partial charge >= 0.3 is 0 Å². The number of benzene rings is 2. The molecule has 0 spiro atoms. The molecule has 1 aliphatic heterocycles. The minimum atomic E-state index is -0.420. The molecule has 0 amide bonds. The van der Waals surface area contributed by atoms with Crippen molar-refractivity contribution >= 4 is 11.4 Å². The van der Waals surface area contributed by atoms with Crippen molar-refractivity contribution in [1.82, 2.24) is 0 Å². The van der Waals surface area contributed by atoms with Crippen molar-refractivity contribution in [2.24, 2.45) is 4.99 Å². The number of rotatable bonds is 7. The molecule has 0 unspecified atom stereocenters. The summed E-state index contributed by atoms with van der Waals surface area (Å²) in [6, 6.07) is 6.83. The van der Waals surface area contributed by atoms with Crippen molar-refractivity contribution in [1.29, 1.82) is 0 Å². The first-order valence-corrected chi connectivity index (χ1v) is 8.70. The molecule has 0 saturated heterocycles. The van der Waals surface area contributed by atoms with Crippen LogP contribution in [0.25, 0.3) is 0 Å². The molecule has 0 bridgehead atoms. The standard InChI is InChI=1S/C20H22N2O6/c1-25-17-8-12-5-6-21-15(14(12)10-19(17)27-3)7-13-9-18(26-2)20(28-4)11-16(13)22(23)24/h8-11H,5-7H2,1-4H3. The van der Waals surface area contributed by atoms with Crippen molar-refractivity contribution in [2.45, 2.75) is 12.8 Å². The van der Waals surface area contributed by atoms with Crippen molar-refractivity contribution in [2.75, 3.05) is 35.0 Å². The third-order valence-corrected chi connectivity index (χ3v) is 4.74. The van der Waals surface area contributed by atoms with Gasteiger partial charge in [-0.05, 0) is 30.2 Å². The average Bonchev–Trinajstić information content (AvgIpc) is 2.72. The summed E-state index contributed by atoms with van der Waals surface area (Å²) in [7, 11) is 6.11. The van der Waals surface area contributed by atoms with Crippen LogP contribution in [0.4, 0.5) is 5.69 Å². The van der Waals surface area contributed by atoms with Crippen molar-refractivity contribution in [3.05, 3.63) is 51.1 Å². The highest BCUT2D eigenvalue weighted by atomic mass is 16.6. The molecule has 2 aromatic rings. The number of nitro groups is 1. The van der Waals surface area contributed by atoms with Gasteiger partial charge in [0.25, 0.3) is 5.69 Å². The summed E-state index contributed by atoms with van der Waals surface area (Å²) in [6.07, 6.45) is 1.06. The summed E-state index contributed by atoms with van der Waals surface area (Å²) < 4.78 is 21.3. The minimum absolute atomic E-state index is 0.0343. The molecule has 0 aliphatic carbocycles. The van der Waals surface area contributed by atoms with Crippen LogP contribution in [0, 0.1) is 10.1 Å². The number of aliphatic imine (C=N–C) groups is 1. The van der Waals surface area contributed by atoms with E-state index in [9.17, 15) is 10.1 Å². The Balaban J connectivity index is 2.06. The fraction of sp³-hybridized carbons (Fsp3) is 0.350. The highest BCUT2D eigenvalue weighted by Gasteiger charge is 2.24. The van der Waals surface area contributed by atoms with Crippen LogP contribution in [-0.4, -0.2) is 45.6 Å². The van der Waals surface area contributed by atoms with Crippen LogP contribution in [0.5, 0.6) is 23.0 Å². The lowest BCUT2D eigenvalue weighted by molar-refractivity contribution is -0.385. The van der Waals surface area contributed by atoms with Gasteiger partial charge in [-0.25, -0.2) is 0 Å². The molecular weight excluding hydrogens is 364 g/mol. The normalized spacial score (nSPS) is 12.6. The Kier molecular flexibility index (Phi) is 5.67. The number of hydrogen-bond donors (Lipinski definition) is 0. The summed E-state index contributed by atoms with van der Waals surface area (Å²) in [5.74, 6) is 2.00. The lowest BCUT2D eigenvalue weighted by Gasteiger charge is -2.20. The van der Waals surface area contributed by atoms with Crippen molar-refractivity contribution in [3.63, 3.8) is 0 Å². The molecule has 28 heavy (non-hydrogen) atoms. The van der Waals surface area contributed by atoms with Gasteiger partial charge in [-0.1, -0.05) is 0 Å². The molecule has 0 radical (unpaired) electrons. The molecule has 0 N–H and O–H groups in total. The van der Waals surface area contributed by atoms with E-state index >= 15 is 0 Å². The van der Waals surface area contributed by atoms with Gasteiger partial charge in [0.1, 0.15) is 0 Å². The molecule has 2 aromatic carbocycles. The Morgan fingerprint density at radius 1 is 0.929 bits per heavy atom. The van der Waals surface area contributed by atoms with Crippen LogP contribution in [0.1, 0.15) is 16.7 Å². The first-order valence-electron chi connectivity index (χ1n) is 8.70. The maximum atomic E-state index is 11.6. The van der Waals surface area contributed by atoms with Crippen LogP contribution in [0.3, 0.4) is 0 Å². The fourth-order valence-corrected chi connectivity index (χ4v) is 3.35. The molecule has 0 saturated carbocycles. The molecule has 8 nitrogen and oxygen atoms in total. The lowest BCUT2D eigenvalue weighted by Crippen LogP contribution is -2.16. The number of hydrogen-bond acceptors (Lipinski definition) is 7. The van der Waals surface area contributed by atoms with Crippen LogP contribution >= 0.6 is 0 Å². The van der Waals surface area contributed by atoms with E-state index < -0.39 is 4.92 Å². The number of nitro benzene ring substituents is 1. The maximum absolute atomic E-state index is 11.6. The summed E-state index contributed by atoms with van der Waals surface area (Å²) >= 11 is 0. The zero-order valence-corrected chi connectivity index (χ0v) is 16.3. The predicted molar refractivity (Wildman–Crippen MR) is 105 cm³/mol. The topological polar surface area (TPSA) is 92.4 Å². The molecule has 1 heterocycles. The quantitative estimate of drug-likeness (QED) is 0.536. The summed E-state index contributed by atoms with van der Waals surface area (Å²) in [4.78, 5) is 15.8. The zero-order chi connectivity index (χ0) is 20.3. The third kappa shape index (κ3) is 3.58. The van der Waals surface area contributed by atoms with Gasteiger partial charge in [-0.15, -0.1) is 0 Å². The molecule has 0 atom stereocenters. The monoisotopic (exact) mass is 386 g/mol. The second-order valence-corrected chi connectivity index (χ2v) is 6.21. The highest BCUT2D eigenvalue weighted by molar-refractivity contribution is 6.04. The first-order chi connectivity index (χ1) is 13.5. The summed E-state index contributed by atoms with van der Waals surface area (Å²) in [5.41, 5.74) is 3.22. The Hall–Kier alpha value is -3.29. The SMILES string of the molecule is COc1cc2c(cc1OC)C(Cc1cc(OC)c(OC)cc1[N+](=O)[O-])=NCC2. The largest absolute Gasteiger partial charge is 0.493 e. The Morgan fingerprint density at radius 2 is 1.50 bits per heavy atom. The lowest BCUT2D eigenvalue weighted by atomic mass is 9.92. The average molecular weight is 386 g/mol. The first kappa shape index (κ1) is 19.5. The van der Waals surface area contributed by atoms with Gasteiger partial charge in [-0.3, -0.25) is 15.1 Å². The molecule has 148 valence electrons. The zero-order valence-electron chi connectivity index (χ0n) is 16.3. The number of nitrogens with zero attached hydrogens (tertiary/aromatic N) is 2. The van der Waals surface area contributed by atoms with Gasteiger partial charge in [0, 0.05) is 29.8 Å². The maximum Gasteiger partial charge on any atom is 0.276 e. The van der Waals surface area contributed by atoms with E-state index in [0.29, 0.717) is 41.5 Å². The van der Waals surface area contributed by atoms with Crippen LogP contribution in [-0.2, 0) is 12.8 Å². The van der Waals surface area contributed by atoms with Gasteiger partial charge in [0.05, 0.1) is 39.4 Å². The van der Waals surface area contributed by atoms with E-state index in [1.807, 2.05) is 12.1 Å². The van der Waals surface area contributed by atoms with E-state index in [4.69, 9.17) is 18.9 Å². The molecule has 0 aromatic heterocycles. The van der Waals surface area contributed by atoms with Gasteiger partial charge in [-0.2, -0.15) is 0 Å². The number of fused-ring (bicyclic) bond motifs is 1. The van der Waals surface area contributed by atoms with Crippen LogP contribution in [0.2, 0.25) is 0 Å². The number of ether oxygens (including phenoxy) is 4. The summed E-state index contributed by atoms with van der Waals surface area (Å²) in [6.45, 7) is 0.610. The van der Waals surface area contributed by atoms with Crippen molar-refractivity contribution in [3.8, 4) is 23.0 Å². The van der Waals surface area contributed by atoms with E-state index in [1.54, 1.807) is 20.3 Å². The number of methoxy groups -OCH3 is 4. The van der Waals surface area contributed by atoms with E-state index in [-0.39, 0.29) is 5.69 Å². The molecule has 3 rings (SSSR count). The Bertz CT molecular complexity index is 939. The smallest absolute Gasteiger partial charge is 0.276 e. The molecule has 1 aliphatic rings. The van der Waals surface area contributed by atoms with E-state index in [0.717, 1.165) is 23.3 Å². The van der Waals surface area contributed by atoms with Crippen LogP contribution in [0.15, 0.2) is 29.3 Å². The Morgan fingerprint density at radius 3 is 2.11 bits per heavy atom. The van der Waals surface area contributed by atoms with E-state index in [1.165, 1.54) is 20.3 Å². The predicted octanol–water partition coefficient (Wildman–Crippen LogP) is 3.22. The van der Waals surface area contributed by atoms with Gasteiger partial charge in [0.15, 0.2) is 23.0 Å². The second-order valence-electron chi connectivity index (χ2n) is 6.21. The highest BCUT2D eigenvalue weighted by Crippen LogP contribution is 2.37. The summed E-state index contributed by atoms with van der Waals surface area (Å²) in [5, 5.41) is 11.6. The molecular formula is C20H22N2O6. The van der Waals surface area contributed by atoms with Crippen LogP contribution < -0.4 is 18.9 Å². The second kappa shape index (κ2) is 8.16.